The molecule has 1 aliphatic rings. The number of aromatic hydroxyl groups is 1. The maximum Gasteiger partial charge on any atom is 0.273 e. The first kappa shape index (κ1) is 11.6. The van der Waals surface area contributed by atoms with E-state index in [9.17, 15) is 20.1 Å². The number of aryl methyl sites for hydroxylation is 1. The number of rotatable bonds is 2. The second-order valence-electron chi connectivity index (χ2n) is 4.65. The van der Waals surface area contributed by atoms with Crippen LogP contribution in [0.3, 0.4) is 0 Å². The summed E-state index contributed by atoms with van der Waals surface area (Å²) < 4.78 is 0. The van der Waals surface area contributed by atoms with Gasteiger partial charge >= 0.3 is 0 Å². The molecule has 0 amide bonds. The van der Waals surface area contributed by atoms with Crippen molar-refractivity contribution in [1.82, 2.24) is 4.98 Å². The first-order valence-corrected chi connectivity index (χ1v) is 6.00. The van der Waals surface area contributed by atoms with E-state index in [2.05, 4.69) is 10.2 Å². The quantitative estimate of drug-likeness (QED) is 0.491. The molecule has 1 aromatic heterocycles. The van der Waals surface area contributed by atoms with Crippen molar-refractivity contribution in [2.45, 2.75) is 25.7 Å². The number of nitro groups is 1. The van der Waals surface area contributed by atoms with Crippen LogP contribution in [0.1, 0.15) is 24.0 Å². The van der Waals surface area contributed by atoms with Gasteiger partial charge in [-0.25, -0.2) is 0 Å². The molecule has 0 unspecified atom stereocenters. The molecule has 0 spiro atoms. The number of fused-ring (bicyclic) bond motifs is 3. The lowest BCUT2D eigenvalue weighted by Crippen LogP contribution is -2.07. The van der Waals surface area contributed by atoms with E-state index >= 15 is 0 Å². The Morgan fingerprint density at radius 1 is 1.32 bits per heavy atom. The third-order valence-corrected chi connectivity index (χ3v) is 3.64. The first-order valence-electron chi connectivity index (χ1n) is 6.00. The van der Waals surface area contributed by atoms with E-state index in [0.717, 1.165) is 18.4 Å². The zero-order chi connectivity index (χ0) is 13.6. The van der Waals surface area contributed by atoms with E-state index in [1.54, 1.807) is 0 Å². The van der Waals surface area contributed by atoms with Gasteiger partial charge in [0.1, 0.15) is 0 Å². The molecular weight excluding hydrogens is 250 g/mol. The Labute approximate surface area is 107 Å². The molecule has 2 N–H and O–H groups in total. The fourth-order valence-corrected chi connectivity index (χ4v) is 2.81. The van der Waals surface area contributed by atoms with Crippen molar-refractivity contribution >= 4 is 22.3 Å². The summed E-state index contributed by atoms with van der Waals surface area (Å²) in [6, 6.07) is 1.33. The third kappa shape index (κ3) is 1.58. The van der Waals surface area contributed by atoms with Crippen molar-refractivity contribution in [3.8, 4) is 5.88 Å². The molecule has 0 saturated carbocycles. The van der Waals surface area contributed by atoms with Crippen LogP contribution >= 0.6 is 0 Å². The molecule has 98 valence electrons. The van der Waals surface area contributed by atoms with Gasteiger partial charge in [0.2, 0.25) is 5.88 Å². The van der Waals surface area contributed by atoms with Gasteiger partial charge in [-0.1, -0.05) is 0 Å². The number of hydrogen-bond donors (Lipinski definition) is 2. The summed E-state index contributed by atoms with van der Waals surface area (Å²) in [7, 11) is 0. The highest BCUT2D eigenvalue weighted by Crippen LogP contribution is 2.42. The van der Waals surface area contributed by atoms with Crippen molar-refractivity contribution in [2.75, 3.05) is 0 Å². The molecule has 0 saturated heterocycles. The number of hydrogen-bond acceptors (Lipinski definition) is 5. The molecule has 3 rings (SSSR count). The van der Waals surface area contributed by atoms with E-state index in [-0.39, 0.29) is 17.3 Å². The van der Waals surface area contributed by atoms with Crippen molar-refractivity contribution < 1.29 is 10.0 Å². The average molecular weight is 261 g/mol. The maximum absolute atomic E-state index is 11.1. The Morgan fingerprint density at radius 3 is 2.63 bits per heavy atom. The molecule has 0 aliphatic heterocycles. The highest BCUT2D eigenvalue weighted by atomic mass is 16.6. The number of aromatic nitrogens is 1. The van der Waals surface area contributed by atoms with Gasteiger partial charge < -0.3 is 10.1 Å². The predicted octanol–water partition coefficient (Wildman–Crippen LogP) is 3.06. The van der Waals surface area contributed by atoms with Gasteiger partial charge in [0.15, 0.2) is 5.69 Å². The molecule has 2 aromatic rings. The number of aromatic amines is 1. The minimum Gasteiger partial charge on any atom is -0.493 e. The first-order chi connectivity index (χ1) is 9.13. The highest BCUT2D eigenvalue weighted by Gasteiger charge is 2.26. The van der Waals surface area contributed by atoms with E-state index in [1.165, 1.54) is 6.07 Å². The zero-order valence-electron chi connectivity index (χ0n) is 9.97. The van der Waals surface area contributed by atoms with Gasteiger partial charge in [-0.3, -0.25) is 10.1 Å². The Kier molecular flexibility index (Phi) is 2.48. The van der Waals surface area contributed by atoms with Gasteiger partial charge in [-0.15, -0.1) is 4.91 Å². The molecule has 19 heavy (non-hydrogen) atoms. The average Bonchev–Trinajstić information content (AvgIpc) is 2.73. The molecule has 1 aromatic carbocycles. The van der Waals surface area contributed by atoms with Crippen molar-refractivity contribution in [2.24, 2.45) is 5.18 Å². The predicted molar refractivity (Wildman–Crippen MR) is 68.7 cm³/mol. The number of nitrogens with zero attached hydrogens (tertiary/aromatic N) is 2. The number of nitroso groups, excluding NO2 is 1. The lowest BCUT2D eigenvalue weighted by Gasteiger charge is -2.16. The van der Waals surface area contributed by atoms with Crippen LogP contribution in [-0.4, -0.2) is 15.0 Å². The fraction of sp³-hybridized carbons (Fsp3) is 0.333. The number of nitrogens with one attached hydrogen (secondary N) is 1. The molecule has 0 bridgehead atoms. The Morgan fingerprint density at radius 2 is 2.00 bits per heavy atom. The van der Waals surface area contributed by atoms with Gasteiger partial charge in [0.05, 0.1) is 10.4 Å². The minimum atomic E-state index is -0.442. The summed E-state index contributed by atoms with van der Waals surface area (Å²) in [4.78, 5) is 24.2. The number of benzene rings is 1. The summed E-state index contributed by atoms with van der Waals surface area (Å²) in [5.74, 6) is -0.335. The molecule has 0 atom stereocenters. The van der Waals surface area contributed by atoms with E-state index in [0.29, 0.717) is 29.3 Å². The molecule has 0 radical (unpaired) electrons. The van der Waals surface area contributed by atoms with Crippen LogP contribution < -0.4 is 0 Å². The fourth-order valence-electron chi connectivity index (χ4n) is 2.81. The summed E-state index contributed by atoms with van der Waals surface area (Å²) in [6.07, 6.45) is 3.19. The van der Waals surface area contributed by atoms with Crippen LogP contribution in [0.5, 0.6) is 5.88 Å². The van der Waals surface area contributed by atoms with E-state index in [1.807, 2.05) is 0 Å². The lowest BCUT2D eigenvalue weighted by molar-refractivity contribution is -0.385. The van der Waals surface area contributed by atoms with E-state index < -0.39 is 4.92 Å². The summed E-state index contributed by atoms with van der Waals surface area (Å²) in [6.45, 7) is 0. The Balaban J connectivity index is 2.44. The Bertz CT molecular complexity index is 705. The second-order valence-corrected chi connectivity index (χ2v) is 4.65. The van der Waals surface area contributed by atoms with Crippen LogP contribution in [0.25, 0.3) is 10.9 Å². The van der Waals surface area contributed by atoms with Crippen LogP contribution in [0.2, 0.25) is 0 Å². The van der Waals surface area contributed by atoms with Crippen LogP contribution in [0.15, 0.2) is 11.2 Å². The zero-order valence-corrected chi connectivity index (χ0v) is 9.97. The van der Waals surface area contributed by atoms with Crippen LogP contribution in [0.4, 0.5) is 11.4 Å². The molecule has 7 nitrogen and oxygen atoms in total. The molecule has 1 aliphatic carbocycles. The number of nitro benzene ring substituents is 1. The van der Waals surface area contributed by atoms with Crippen molar-refractivity contribution in [1.29, 1.82) is 0 Å². The van der Waals surface area contributed by atoms with Gasteiger partial charge in [-0.2, -0.15) is 0 Å². The molecule has 0 fully saturated rings. The largest absolute Gasteiger partial charge is 0.493 e. The van der Waals surface area contributed by atoms with Gasteiger partial charge in [0.25, 0.3) is 5.69 Å². The summed E-state index contributed by atoms with van der Waals surface area (Å²) in [5.41, 5.74) is 1.95. The Hall–Kier alpha value is -2.44. The normalized spacial score (nSPS) is 14.3. The monoisotopic (exact) mass is 261 g/mol. The highest BCUT2D eigenvalue weighted by molar-refractivity contribution is 5.98. The molecule has 7 heteroatoms. The topological polar surface area (TPSA) is 109 Å². The van der Waals surface area contributed by atoms with Crippen LogP contribution in [0, 0.1) is 15.0 Å². The van der Waals surface area contributed by atoms with Crippen molar-refractivity contribution in [3.63, 3.8) is 0 Å². The third-order valence-electron chi connectivity index (χ3n) is 3.64. The molecule has 1 heterocycles. The second kappa shape index (κ2) is 4.04. The number of H-pyrrole nitrogens is 1. The van der Waals surface area contributed by atoms with Gasteiger partial charge in [0, 0.05) is 17.0 Å². The van der Waals surface area contributed by atoms with Crippen molar-refractivity contribution in [3.05, 3.63) is 32.2 Å². The molecular formula is C12H11N3O4. The standard InChI is InChI=1S/C12H11N3O4/c16-12-11(14-17)8-5-9(15(18)19)6-3-1-2-4-7(6)10(8)13-12/h5,13,16H,1-4H2. The van der Waals surface area contributed by atoms with E-state index in [4.69, 9.17) is 0 Å². The minimum absolute atomic E-state index is 0.00565. The van der Waals surface area contributed by atoms with Crippen LogP contribution in [-0.2, 0) is 12.8 Å². The smallest absolute Gasteiger partial charge is 0.273 e. The maximum atomic E-state index is 11.1. The summed E-state index contributed by atoms with van der Waals surface area (Å²) in [5, 5.41) is 23.9. The summed E-state index contributed by atoms with van der Waals surface area (Å²) >= 11 is 0. The SMILES string of the molecule is O=Nc1c(O)[nH]c2c3c(c([N+](=O)[O-])cc12)CCCC3. The van der Waals surface area contributed by atoms with Gasteiger partial charge in [-0.05, 0) is 36.4 Å². The lowest BCUT2D eigenvalue weighted by atomic mass is 9.88.